The molecule has 0 spiro atoms. The van der Waals surface area contributed by atoms with Gasteiger partial charge in [-0.25, -0.2) is 8.42 Å². The van der Waals surface area contributed by atoms with Crippen LogP contribution in [0.3, 0.4) is 0 Å². The first-order valence-corrected chi connectivity index (χ1v) is 10.1. The first-order chi connectivity index (χ1) is 12.0. The van der Waals surface area contributed by atoms with Crippen LogP contribution in [0.2, 0.25) is 0 Å². The van der Waals surface area contributed by atoms with Gasteiger partial charge in [-0.05, 0) is 47.9 Å². The van der Waals surface area contributed by atoms with Crippen LogP contribution in [-0.2, 0) is 16.3 Å². The highest BCUT2D eigenvalue weighted by Gasteiger charge is 2.25. The lowest BCUT2D eigenvalue weighted by atomic mass is 9.94. The third-order valence-electron chi connectivity index (χ3n) is 4.80. The van der Waals surface area contributed by atoms with Crippen LogP contribution < -0.4 is 10.1 Å². The predicted octanol–water partition coefficient (Wildman–Crippen LogP) is 2.82. The molecule has 0 bridgehead atoms. The van der Waals surface area contributed by atoms with Crippen molar-refractivity contribution in [3.8, 4) is 5.75 Å². The summed E-state index contributed by atoms with van der Waals surface area (Å²) < 4.78 is 29.0. The molecule has 1 aromatic heterocycles. The van der Waals surface area contributed by atoms with Crippen LogP contribution in [0.5, 0.6) is 5.75 Å². The zero-order chi connectivity index (χ0) is 17.6. The largest absolute Gasteiger partial charge is 0.497 e. The maximum absolute atomic E-state index is 11.9. The van der Waals surface area contributed by atoms with E-state index in [2.05, 4.69) is 22.4 Å². The van der Waals surface area contributed by atoms with Crippen molar-refractivity contribution in [3.05, 3.63) is 59.3 Å². The molecule has 25 heavy (non-hydrogen) atoms. The molecule has 2 N–H and O–H groups in total. The van der Waals surface area contributed by atoms with E-state index in [0.29, 0.717) is 4.90 Å². The van der Waals surface area contributed by atoms with Gasteiger partial charge in [-0.1, -0.05) is 12.1 Å². The van der Waals surface area contributed by atoms with Gasteiger partial charge < -0.3 is 15.0 Å². The molecule has 0 aliphatic carbocycles. The monoisotopic (exact) mass is 356 g/mol. The van der Waals surface area contributed by atoms with Gasteiger partial charge in [-0.3, -0.25) is 0 Å². The topological polar surface area (TPSA) is 71.2 Å². The van der Waals surface area contributed by atoms with Gasteiger partial charge in [0.15, 0.2) is 9.84 Å². The Morgan fingerprint density at radius 1 is 1.12 bits per heavy atom. The Kier molecular flexibility index (Phi) is 3.81. The normalized spacial score (nSPS) is 17.4. The highest BCUT2D eigenvalue weighted by molar-refractivity contribution is 7.90. The molecule has 5 nitrogen and oxygen atoms in total. The molecule has 4 rings (SSSR count). The Morgan fingerprint density at radius 3 is 2.56 bits per heavy atom. The molecule has 1 aliphatic heterocycles. The van der Waals surface area contributed by atoms with Gasteiger partial charge in [0.05, 0.1) is 18.0 Å². The zero-order valence-corrected chi connectivity index (χ0v) is 15.0. The Hall–Kier alpha value is -2.31. The third-order valence-corrected chi connectivity index (χ3v) is 5.91. The van der Waals surface area contributed by atoms with Gasteiger partial charge in [0.2, 0.25) is 0 Å². The molecule has 1 atom stereocenters. The molecular weight excluding hydrogens is 336 g/mol. The van der Waals surface area contributed by atoms with E-state index in [1.54, 1.807) is 19.2 Å². The van der Waals surface area contributed by atoms with E-state index in [4.69, 9.17) is 4.74 Å². The fourth-order valence-corrected chi connectivity index (χ4v) is 4.17. The van der Waals surface area contributed by atoms with Crippen LogP contribution >= 0.6 is 0 Å². The fourth-order valence-electron chi connectivity index (χ4n) is 3.52. The molecule has 130 valence electrons. The second-order valence-electron chi connectivity index (χ2n) is 6.41. The van der Waals surface area contributed by atoms with Crippen molar-refractivity contribution in [3.63, 3.8) is 0 Å². The van der Waals surface area contributed by atoms with Crippen LogP contribution in [-0.4, -0.2) is 33.3 Å². The second-order valence-corrected chi connectivity index (χ2v) is 8.42. The lowest BCUT2D eigenvalue weighted by molar-refractivity contribution is 0.414. The molecule has 0 saturated carbocycles. The van der Waals surface area contributed by atoms with Crippen LogP contribution in [0.1, 0.15) is 22.9 Å². The lowest BCUT2D eigenvalue weighted by Gasteiger charge is -2.25. The van der Waals surface area contributed by atoms with E-state index in [9.17, 15) is 8.42 Å². The molecule has 6 heteroatoms. The SMILES string of the molecule is COc1ccc(C2NCCc3c2[nH]c2ccc(S(C)(=O)=O)cc32)cc1. The van der Waals surface area contributed by atoms with Gasteiger partial charge in [-0.15, -0.1) is 0 Å². The summed E-state index contributed by atoms with van der Waals surface area (Å²) >= 11 is 0. The molecule has 1 unspecified atom stereocenters. The Balaban J connectivity index is 1.83. The first kappa shape index (κ1) is 16.2. The number of sulfone groups is 1. The van der Waals surface area contributed by atoms with Crippen molar-refractivity contribution in [2.45, 2.75) is 17.4 Å². The number of hydrogen-bond acceptors (Lipinski definition) is 4. The van der Waals surface area contributed by atoms with Crippen molar-refractivity contribution in [2.24, 2.45) is 0 Å². The highest BCUT2D eigenvalue weighted by atomic mass is 32.2. The molecule has 2 heterocycles. The van der Waals surface area contributed by atoms with Crippen LogP contribution in [0, 0.1) is 0 Å². The first-order valence-electron chi connectivity index (χ1n) is 8.19. The van der Waals surface area contributed by atoms with Crippen LogP contribution in [0.4, 0.5) is 0 Å². The minimum atomic E-state index is -3.22. The Labute approximate surface area is 146 Å². The summed E-state index contributed by atoms with van der Waals surface area (Å²) in [4.78, 5) is 3.85. The van der Waals surface area contributed by atoms with Crippen LogP contribution in [0.15, 0.2) is 47.4 Å². The number of methoxy groups -OCH3 is 1. The molecule has 1 aliphatic rings. The molecule has 0 fully saturated rings. The van der Waals surface area contributed by atoms with Gasteiger partial charge in [-0.2, -0.15) is 0 Å². The number of aromatic nitrogens is 1. The summed E-state index contributed by atoms with van der Waals surface area (Å²) in [5, 5.41) is 4.54. The Bertz CT molecular complexity index is 1040. The number of fused-ring (bicyclic) bond motifs is 3. The molecule has 0 amide bonds. The van der Waals surface area contributed by atoms with E-state index < -0.39 is 9.84 Å². The maximum atomic E-state index is 11.9. The molecular formula is C19H20N2O3S. The highest BCUT2D eigenvalue weighted by Crippen LogP contribution is 2.34. The minimum absolute atomic E-state index is 0.0590. The number of hydrogen-bond donors (Lipinski definition) is 2. The number of aromatic amines is 1. The van der Waals surface area contributed by atoms with Crippen molar-refractivity contribution >= 4 is 20.7 Å². The quantitative estimate of drug-likeness (QED) is 0.757. The number of H-pyrrole nitrogens is 1. The van der Waals surface area contributed by atoms with Crippen molar-refractivity contribution in [1.29, 1.82) is 0 Å². The summed E-state index contributed by atoms with van der Waals surface area (Å²) in [6, 6.07) is 13.4. The summed E-state index contributed by atoms with van der Waals surface area (Å²) in [7, 11) is -1.56. The maximum Gasteiger partial charge on any atom is 0.175 e. The van der Waals surface area contributed by atoms with E-state index in [0.717, 1.165) is 40.9 Å². The average Bonchev–Trinajstić information content (AvgIpc) is 2.99. The summed E-state index contributed by atoms with van der Waals surface area (Å²) in [6.45, 7) is 0.847. The average molecular weight is 356 g/mol. The van der Waals surface area contributed by atoms with Crippen molar-refractivity contribution in [2.75, 3.05) is 19.9 Å². The van der Waals surface area contributed by atoms with E-state index in [-0.39, 0.29) is 6.04 Å². The van der Waals surface area contributed by atoms with E-state index in [1.165, 1.54) is 11.8 Å². The van der Waals surface area contributed by atoms with Gasteiger partial charge >= 0.3 is 0 Å². The standard InChI is InChI=1S/C19H20N2O3S/c1-24-13-5-3-12(4-6-13)18-19-15(9-10-20-18)16-11-14(25(2,22)23)7-8-17(16)21-19/h3-8,11,18,20-21H,9-10H2,1-2H3. The number of benzene rings is 2. The zero-order valence-electron chi connectivity index (χ0n) is 14.2. The molecule has 0 saturated heterocycles. The lowest BCUT2D eigenvalue weighted by Crippen LogP contribution is -2.30. The summed E-state index contributed by atoms with van der Waals surface area (Å²) in [5.74, 6) is 0.828. The Morgan fingerprint density at radius 2 is 1.88 bits per heavy atom. The molecule has 3 aromatic rings. The fraction of sp³-hybridized carbons (Fsp3) is 0.263. The van der Waals surface area contributed by atoms with Crippen molar-refractivity contribution < 1.29 is 13.2 Å². The molecule has 2 aromatic carbocycles. The number of ether oxygens (including phenoxy) is 1. The minimum Gasteiger partial charge on any atom is -0.497 e. The predicted molar refractivity (Wildman–Crippen MR) is 98.0 cm³/mol. The van der Waals surface area contributed by atoms with Gasteiger partial charge in [0.1, 0.15) is 5.75 Å². The number of nitrogens with one attached hydrogen (secondary N) is 2. The molecule has 0 radical (unpaired) electrons. The van der Waals surface area contributed by atoms with E-state index in [1.807, 2.05) is 18.2 Å². The third kappa shape index (κ3) is 2.81. The van der Waals surface area contributed by atoms with Crippen molar-refractivity contribution in [1.82, 2.24) is 10.3 Å². The van der Waals surface area contributed by atoms with Gasteiger partial charge in [0, 0.05) is 29.4 Å². The second kappa shape index (κ2) is 5.89. The smallest absolute Gasteiger partial charge is 0.175 e. The number of rotatable bonds is 3. The van der Waals surface area contributed by atoms with E-state index >= 15 is 0 Å². The summed E-state index contributed by atoms with van der Waals surface area (Å²) in [5.41, 5.74) is 4.42. The van der Waals surface area contributed by atoms with Crippen LogP contribution in [0.25, 0.3) is 10.9 Å². The van der Waals surface area contributed by atoms with Gasteiger partial charge in [0.25, 0.3) is 0 Å². The summed E-state index contributed by atoms with van der Waals surface area (Å²) in [6.07, 6.45) is 2.12.